The quantitative estimate of drug-likeness (QED) is 0.688. The van der Waals surface area contributed by atoms with E-state index in [0.717, 1.165) is 0 Å². The summed E-state index contributed by atoms with van der Waals surface area (Å²) in [5.41, 5.74) is -0.709. The van der Waals surface area contributed by atoms with Crippen molar-refractivity contribution < 1.29 is 9.53 Å². The van der Waals surface area contributed by atoms with Crippen LogP contribution in [0, 0.1) is 0 Å². The molecule has 1 heterocycles. The van der Waals surface area contributed by atoms with Crippen LogP contribution in [0.25, 0.3) is 11.0 Å². The third-order valence-corrected chi connectivity index (χ3v) is 2.37. The van der Waals surface area contributed by atoms with Crippen LogP contribution in [-0.4, -0.2) is 21.7 Å². The molecule has 0 aliphatic carbocycles. The highest BCUT2D eigenvalue weighted by molar-refractivity contribution is 5.88. The number of anilines is 1. The van der Waals surface area contributed by atoms with Crippen LogP contribution in [0.1, 0.15) is 20.8 Å². The van der Waals surface area contributed by atoms with Gasteiger partial charge in [0.2, 0.25) is 0 Å². The normalized spacial score (nSPS) is 11.3. The molecule has 0 bridgehead atoms. The van der Waals surface area contributed by atoms with Crippen LogP contribution in [-0.2, 0) is 4.74 Å². The second-order valence-corrected chi connectivity index (χ2v) is 5.30. The zero-order valence-electron chi connectivity index (χ0n) is 11.4. The van der Waals surface area contributed by atoms with Crippen LogP contribution in [0.4, 0.5) is 10.5 Å². The predicted octanol–water partition coefficient (Wildman–Crippen LogP) is 1.56. The number of hydrogen-bond donors (Lipinski definition) is 3. The molecule has 0 fully saturated rings. The molecule has 2 aromatic rings. The lowest BCUT2D eigenvalue weighted by atomic mass is 10.2. The minimum absolute atomic E-state index is 0.420. The highest BCUT2D eigenvalue weighted by Gasteiger charge is 2.16. The van der Waals surface area contributed by atoms with Gasteiger partial charge in [0, 0.05) is 5.69 Å². The molecule has 0 saturated carbocycles. The zero-order valence-corrected chi connectivity index (χ0v) is 11.4. The summed E-state index contributed by atoms with van der Waals surface area (Å²) in [4.78, 5) is 38.9. The van der Waals surface area contributed by atoms with Gasteiger partial charge in [-0.3, -0.25) is 14.9 Å². The van der Waals surface area contributed by atoms with Crippen molar-refractivity contribution >= 4 is 22.8 Å². The second kappa shape index (κ2) is 4.84. The summed E-state index contributed by atoms with van der Waals surface area (Å²) in [6, 6.07) is 4.72. The van der Waals surface area contributed by atoms with E-state index >= 15 is 0 Å². The van der Waals surface area contributed by atoms with Gasteiger partial charge in [-0.1, -0.05) is 0 Å². The van der Waals surface area contributed by atoms with Crippen LogP contribution in [0.2, 0.25) is 0 Å². The number of carbonyl (C=O) groups is 1. The first-order valence-electron chi connectivity index (χ1n) is 6.01. The molecule has 7 nitrogen and oxygen atoms in total. The molecular formula is C13H15N3O4. The van der Waals surface area contributed by atoms with E-state index < -0.39 is 22.8 Å². The lowest BCUT2D eigenvalue weighted by Crippen LogP contribution is -2.29. The highest BCUT2D eigenvalue weighted by atomic mass is 16.6. The molecule has 0 radical (unpaired) electrons. The Morgan fingerprint density at radius 1 is 1.10 bits per heavy atom. The van der Waals surface area contributed by atoms with Crippen molar-refractivity contribution in [3.05, 3.63) is 38.9 Å². The van der Waals surface area contributed by atoms with E-state index in [1.165, 1.54) is 6.07 Å². The Morgan fingerprint density at radius 2 is 1.70 bits per heavy atom. The maximum atomic E-state index is 11.6. The van der Waals surface area contributed by atoms with Crippen molar-refractivity contribution in [1.82, 2.24) is 9.97 Å². The molecule has 106 valence electrons. The fourth-order valence-corrected chi connectivity index (χ4v) is 1.61. The summed E-state index contributed by atoms with van der Waals surface area (Å²) in [5, 5.41) is 2.55. The standard InChI is InChI=1S/C13H15N3O4/c1-13(2,3)20-12(19)14-7-4-5-8-9(6-7)16-11(18)10(17)15-8/h4-6H,1-3H3,(H,14,19)(H,15,17)(H,16,18). The molecule has 0 aliphatic rings. The molecule has 0 spiro atoms. The molecule has 2 rings (SSSR count). The van der Waals surface area contributed by atoms with Crippen LogP contribution < -0.4 is 16.4 Å². The Kier molecular flexibility index (Phi) is 3.35. The SMILES string of the molecule is CC(C)(C)OC(=O)Nc1ccc2[nH]c(=O)c(=O)[nH]c2c1. The van der Waals surface area contributed by atoms with Crippen molar-refractivity contribution in [2.75, 3.05) is 5.32 Å². The van der Waals surface area contributed by atoms with Gasteiger partial charge < -0.3 is 14.7 Å². The number of amides is 1. The molecule has 20 heavy (non-hydrogen) atoms. The van der Waals surface area contributed by atoms with Crippen molar-refractivity contribution in [3.63, 3.8) is 0 Å². The second-order valence-electron chi connectivity index (χ2n) is 5.30. The molecule has 0 saturated heterocycles. The number of aromatic nitrogens is 2. The van der Waals surface area contributed by atoms with Gasteiger partial charge in [-0.05, 0) is 39.0 Å². The number of rotatable bonds is 1. The Hall–Kier alpha value is -2.57. The molecule has 0 aliphatic heterocycles. The third-order valence-electron chi connectivity index (χ3n) is 2.37. The van der Waals surface area contributed by atoms with E-state index in [0.29, 0.717) is 16.7 Å². The average molecular weight is 277 g/mol. The number of hydrogen-bond acceptors (Lipinski definition) is 4. The first kappa shape index (κ1) is 13.9. The number of nitrogens with one attached hydrogen (secondary N) is 3. The van der Waals surface area contributed by atoms with Crippen molar-refractivity contribution in [3.8, 4) is 0 Å². The first-order chi connectivity index (χ1) is 9.24. The van der Waals surface area contributed by atoms with Crippen LogP contribution >= 0.6 is 0 Å². The number of benzene rings is 1. The van der Waals surface area contributed by atoms with Gasteiger partial charge in [0.15, 0.2) is 0 Å². The van der Waals surface area contributed by atoms with Gasteiger partial charge in [-0.25, -0.2) is 4.79 Å². The third kappa shape index (κ3) is 3.25. The summed E-state index contributed by atoms with van der Waals surface area (Å²) < 4.78 is 5.12. The zero-order chi connectivity index (χ0) is 14.9. The van der Waals surface area contributed by atoms with Gasteiger partial charge in [0.25, 0.3) is 0 Å². The van der Waals surface area contributed by atoms with E-state index in [4.69, 9.17) is 4.74 Å². The van der Waals surface area contributed by atoms with E-state index in [1.807, 2.05) is 0 Å². The Bertz CT molecular complexity index is 768. The summed E-state index contributed by atoms with van der Waals surface area (Å²) in [7, 11) is 0. The first-order valence-corrected chi connectivity index (χ1v) is 6.01. The Balaban J connectivity index is 2.28. The van der Waals surface area contributed by atoms with Gasteiger partial charge in [-0.15, -0.1) is 0 Å². The summed E-state index contributed by atoms with van der Waals surface area (Å²) in [6.07, 6.45) is -0.594. The number of carbonyl (C=O) groups excluding carboxylic acids is 1. The molecule has 1 amide bonds. The smallest absolute Gasteiger partial charge is 0.412 e. The number of ether oxygens (including phenoxy) is 1. The van der Waals surface area contributed by atoms with Crippen molar-refractivity contribution in [2.24, 2.45) is 0 Å². The van der Waals surface area contributed by atoms with Crippen molar-refractivity contribution in [1.29, 1.82) is 0 Å². The van der Waals surface area contributed by atoms with E-state index in [-0.39, 0.29) is 0 Å². The van der Waals surface area contributed by atoms with Gasteiger partial charge in [0.1, 0.15) is 5.60 Å². The maximum Gasteiger partial charge on any atom is 0.412 e. The lowest BCUT2D eigenvalue weighted by Gasteiger charge is -2.19. The van der Waals surface area contributed by atoms with Crippen LogP contribution in [0.15, 0.2) is 27.8 Å². The highest BCUT2D eigenvalue weighted by Crippen LogP contribution is 2.15. The van der Waals surface area contributed by atoms with Gasteiger partial charge in [0.05, 0.1) is 11.0 Å². The molecule has 0 atom stereocenters. The Labute approximate surface area is 114 Å². The predicted molar refractivity (Wildman–Crippen MR) is 75.0 cm³/mol. The van der Waals surface area contributed by atoms with E-state index in [2.05, 4.69) is 15.3 Å². The van der Waals surface area contributed by atoms with Crippen LogP contribution in [0.3, 0.4) is 0 Å². The monoisotopic (exact) mass is 277 g/mol. The lowest BCUT2D eigenvalue weighted by molar-refractivity contribution is 0.0636. The van der Waals surface area contributed by atoms with Crippen LogP contribution in [0.5, 0.6) is 0 Å². The van der Waals surface area contributed by atoms with Gasteiger partial charge in [-0.2, -0.15) is 0 Å². The van der Waals surface area contributed by atoms with E-state index in [9.17, 15) is 14.4 Å². The topological polar surface area (TPSA) is 104 Å². The summed E-state index contributed by atoms with van der Waals surface area (Å²) in [6.45, 7) is 5.28. The van der Waals surface area contributed by atoms with Crippen molar-refractivity contribution in [2.45, 2.75) is 26.4 Å². The maximum absolute atomic E-state index is 11.6. The summed E-state index contributed by atoms with van der Waals surface area (Å²) in [5.74, 6) is 0. The molecule has 1 aromatic carbocycles. The number of H-pyrrole nitrogens is 2. The van der Waals surface area contributed by atoms with Gasteiger partial charge >= 0.3 is 17.2 Å². The largest absolute Gasteiger partial charge is 0.444 e. The minimum Gasteiger partial charge on any atom is -0.444 e. The fourth-order valence-electron chi connectivity index (χ4n) is 1.61. The fraction of sp³-hybridized carbons (Fsp3) is 0.308. The molecule has 7 heteroatoms. The average Bonchev–Trinajstić information content (AvgIpc) is 2.28. The summed E-state index contributed by atoms with van der Waals surface area (Å²) >= 11 is 0. The molecular weight excluding hydrogens is 262 g/mol. The molecule has 0 unspecified atom stereocenters. The number of aromatic amines is 2. The van der Waals surface area contributed by atoms with E-state index in [1.54, 1.807) is 32.9 Å². The Morgan fingerprint density at radius 3 is 2.30 bits per heavy atom. The minimum atomic E-state index is -0.744. The molecule has 3 N–H and O–H groups in total. The number of fused-ring (bicyclic) bond motifs is 1. The molecule has 1 aromatic heterocycles.